The van der Waals surface area contributed by atoms with Crippen molar-refractivity contribution >= 4 is 22.4 Å². The Morgan fingerprint density at radius 1 is 0.973 bits per heavy atom. The highest BCUT2D eigenvalue weighted by molar-refractivity contribution is 5.94. The van der Waals surface area contributed by atoms with E-state index in [0.717, 1.165) is 40.0 Å². The van der Waals surface area contributed by atoms with Gasteiger partial charge in [0.2, 0.25) is 0 Å². The molecule has 5 aromatic rings. The molecule has 1 aliphatic heterocycles. The highest BCUT2D eigenvalue weighted by Gasteiger charge is 2.26. The second-order valence-electron chi connectivity index (χ2n) is 9.36. The molecule has 8 nitrogen and oxygen atoms in total. The van der Waals surface area contributed by atoms with Crippen LogP contribution in [0, 0.1) is 12.7 Å². The van der Waals surface area contributed by atoms with Gasteiger partial charge in [-0.1, -0.05) is 17.7 Å². The summed E-state index contributed by atoms with van der Waals surface area (Å²) in [6.07, 6.45) is 8.44. The van der Waals surface area contributed by atoms with Crippen LogP contribution in [0.25, 0.3) is 39.0 Å². The Labute approximate surface area is 213 Å². The zero-order valence-electron chi connectivity index (χ0n) is 20.7. The molecular weight excluding hydrogens is 467 g/mol. The van der Waals surface area contributed by atoms with Crippen molar-refractivity contribution in [1.29, 1.82) is 0 Å². The molecule has 4 aromatic heterocycles. The first-order chi connectivity index (χ1) is 18.0. The monoisotopic (exact) mass is 492 g/mol. The molecule has 0 saturated carbocycles. The first-order valence-electron chi connectivity index (χ1n) is 11.9. The van der Waals surface area contributed by atoms with E-state index in [1.54, 1.807) is 31.0 Å². The molecule has 0 radical (unpaired) electrons. The lowest BCUT2D eigenvalue weighted by molar-refractivity contribution is 0.402. The number of aromatic nitrogens is 5. The van der Waals surface area contributed by atoms with Crippen LogP contribution in [0.1, 0.15) is 22.5 Å². The van der Waals surface area contributed by atoms with Gasteiger partial charge in [0.1, 0.15) is 17.2 Å². The van der Waals surface area contributed by atoms with Crippen LogP contribution in [0.15, 0.2) is 67.4 Å². The van der Waals surface area contributed by atoms with Gasteiger partial charge in [-0.2, -0.15) is 0 Å². The topological polar surface area (TPSA) is 94.7 Å². The van der Waals surface area contributed by atoms with Crippen molar-refractivity contribution in [3.63, 3.8) is 0 Å². The predicted octanol–water partition coefficient (Wildman–Crippen LogP) is 4.91. The number of anilines is 1. The van der Waals surface area contributed by atoms with E-state index in [1.807, 2.05) is 51.4 Å². The average Bonchev–Trinajstić information content (AvgIpc) is 3.33. The van der Waals surface area contributed by atoms with E-state index in [9.17, 15) is 0 Å². The standard InChI is InChI=1S/C28H25FN8/c1-16-10-17(15-37(2)3)12-19(11-16)20-13-32-28-23(24(20)29)21(14-33-36-28)27-34-22-6-9-31-25(26(22)35-27)18-4-7-30-8-5-18/h4-14,33H,15H2,1-3H3,(H,32,36)(H,34,35). The summed E-state index contributed by atoms with van der Waals surface area (Å²) in [5, 5.41) is 0. The lowest BCUT2D eigenvalue weighted by Gasteiger charge is -2.21. The Bertz CT molecular complexity index is 1660. The maximum Gasteiger partial charge on any atom is 0.155 e. The van der Waals surface area contributed by atoms with Crippen LogP contribution in [-0.4, -0.2) is 43.9 Å². The number of nitrogens with one attached hydrogen (secondary N) is 3. The average molecular weight is 493 g/mol. The van der Waals surface area contributed by atoms with Crippen LogP contribution >= 0.6 is 0 Å². The smallest absolute Gasteiger partial charge is 0.155 e. The number of rotatable bonds is 5. The summed E-state index contributed by atoms with van der Waals surface area (Å²) < 4.78 is 16.3. The number of aryl methyl sites for hydroxylation is 1. The summed E-state index contributed by atoms with van der Waals surface area (Å²) in [5.41, 5.74) is 13.4. The van der Waals surface area contributed by atoms with E-state index in [-0.39, 0.29) is 5.82 Å². The van der Waals surface area contributed by atoms with Gasteiger partial charge in [0.05, 0.1) is 16.8 Å². The van der Waals surface area contributed by atoms with Gasteiger partial charge in [0.15, 0.2) is 5.82 Å². The molecule has 5 heterocycles. The first-order valence-corrected chi connectivity index (χ1v) is 11.9. The molecule has 6 rings (SSSR count). The highest BCUT2D eigenvalue weighted by atomic mass is 19.1. The zero-order valence-corrected chi connectivity index (χ0v) is 20.7. The molecule has 0 spiro atoms. The summed E-state index contributed by atoms with van der Waals surface area (Å²) in [7, 11) is 4.03. The van der Waals surface area contributed by atoms with Gasteiger partial charge in [-0.25, -0.2) is 14.4 Å². The fourth-order valence-corrected chi connectivity index (χ4v) is 4.72. The Hall–Kier alpha value is -4.63. The second-order valence-corrected chi connectivity index (χ2v) is 9.36. The number of hydrogen-bond acceptors (Lipinski definition) is 7. The van der Waals surface area contributed by atoms with Gasteiger partial charge in [0, 0.05) is 54.2 Å². The summed E-state index contributed by atoms with van der Waals surface area (Å²) in [6, 6.07) is 11.8. The molecule has 0 aliphatic carbocycles. The van der Waals surface area contributed by atoms with Gasteiger partial charge in [-0.3, -0.25) is 15.4 Å². The minimum atomic E-state index is -0.361. The van der Waals surface area contributed by atoms with Gasteiger partial charge < -0.3 is 15.3 Å². The van der Waals surface area contributed by atoms with Crippen molar-refractivity contribution in [2.45, 2.75) is 13.5 Å². The van der Waals surface area contributed by atoms with Crippen LogP contribution in [0.4, 0.5) is 10.2 Å². The van der Waals surface area contributed by atoms with E-state index in [1.165, 1.54) is 0 Å². The van der Waals surface area contributed by atoms with Crippen molar-refractivity contribution in [1.82, 2.24) is 35.2 Å². The molecule has 37 heavy (non-hydrogen) atoms. The van der Waals surface area contributed by atoms with Crippen molar-refractivity contribution < 1.29 is 4.39 Å². The largest absolute Gasteiger partial charge is 0.338 e. The molecule has 3 N–H and O–H groups in total. The summed E-state index contributed by atoms with van der Waals surface area (Å²) >= 11 is 0. The quantitative estimate of drug-likeness (QED) is 0.321. The minimum Gasteiger partial charge on any atom is -0.338 e. The molecule has 184 valence electrons. The Balaban J connectivity index is 1.47. The molecular formula is C28H25FN8. The van der Waals surface area contributed by atoms with Gasteiger partial charge >= 0.3 is 0 Å². The third-order valence-corrected chi connectivity index (χ3v) is 6.25. The molecule has 0 saturated heterocycles. The minimum absolute atomic E-state index is 0.351. The molecule has 0 atom stereocenters. The Morgan fingerprint density at radius 3 is 2.62 bits per heavy atom. The lowest BCUT2D eigenvalue weighted by Crippen LogP contribution is -2.23. The molecule has 9 heteroatoms. The van der Waals surface area contributed by atoms with Crippen molar-refractivity contribution in [2.75, 3.05) is 19.5 Å². The van der Waals surface area contributed by atoms with Crippen molar-refractivity contribution in [3.8, 4) is 22.4 Å². The van der Waals surface area contributed by atoms with Gasteiger partial charge in [0.25, 0.3) is 0 Å². The number of pyridine rings is 3. The van der Waals surface area contributed by atoms with E-state index in [4.69, 9.17) is 4.98 Å². The Morgan fingerprint density at radius 2 is 1.81 bits per heavy atom. The lowest BCUT2D eigenvalue weighted by atomic mass is 9.96. The number of nitrogens with zero attached hydrogens (tertiary/aromatic N) is 5. The van der Waals surface area contributed by atoms with E-state index >= 15 is 4.39 Å². The van der Waals surface area contributed by atoms with Gasteiger partial charge in [-0.15, -0.1) is 0 Å². The Kier molecular flexibility index (Phi) is 5.61. The van der Waals surface area contributed by atoms with Crippen LogP contribution < -0.4 is 10.9 Å². The predicted molar refractivity (Wildman–Crippen MR) is 143 cm³/mol. The summed E-state index contributed by atoms with van der Waals surface area (Å²) in [5.74, 6) is 0.552. The number of imidazole rings is 1. The second kappa shape index (κ2) is 9.11. The van der Waals surface area contributed by atoms with Crippen molar-refractivity contribution in [3.05, 3.63) is 95.7 Å². The summed E-state index contributed by atoms with van der Waals surface area (Å²) in [4.78, 5) is 23.4. The maximum absolute atomic E-state index is 16.3. The highest BCUT2D eigenvalue weighted by Crippen LogP contribution is 2.37. The molecule has 1 aromatic carbocycles. The molecule has 0 fully saturated rings. The van der Waals surface area contributed by atoms with E-state index < -0.39 is 0 Å². The summed E-state index contributed by atoms with van der Waals surface area (Å²) in [6.45, 7) is 2.78. The van der Waals surface area contributed by atoms with Crippen LogP contribution in [0.3, 0.4) is 0 Å². The molecule has 0 unspecified atom stereocenters. The number of hydrazine groups is 1. The zero-order chi connectivity index (χ0) is 25.5. The van der Waals surface area contributed by atoms with Crippen LogP contribution in [0.5, 0.6) is 0 Å². The van der Waals surface area contributed by atoms with E-state index in [0.29, 0.717) is 33.9 Å². The fourth-order valence-electron chi connectivity index (χ4n) is 4.72. The third-order valence-electron chi connectivity index (χ3n) is 6.25. The number of H-pyrrole nitrogens is 1. The molecule has 1 aliphatic rings. The number of hydrogen-bond donors (Lipinski definition) is 3. The van der Waals surface area contributed by atoms with Gasteiger partial charge in [-0.05, 0) is 56.4 Å². The van der Waals surface area contributed by atoms with Crippen LogP contribution in [-0.2, 0) is 6.54 Å². The number of halogens is 1. The molecule has 0 bridgehead atoms. The van der Waals surface area contributed by atoms with Crippen LogP contribution in [0.2, 0.25) is 0 Å². The number of aromatic amines is 1. The SMILES string of the molecule is Cc1cc(CN(C)C)cc(-c2cnc3c(c2F)C(c2nc4c(-c5ccncc5)nccc4[nH]2)=CNN3)c1. The molecule has 0 amide bonds. The number of benzene rings is 1. The normalized spacial score (nSPS) is 12.7. The number of fused-ring (bicyclic) bond motifs is 2. The maximum atomic E-state index is 16.3. The van der Waals surface area contributed by atoms with E-state index in [2.05, 4.69) is 41.8 Å². The third kappa shape index (κ3) is 4.19. The first kappa shape index (κ1) is 22.8. The van der Waals surface area contributed by atoms with Crippen molar-refractivity contribution in [2.24, 2.45) is 0 Å². The fraction of sp³-hybridized carbons (Fsp3) is 0.143.